The van der Waals surface area contributed by atoms with Crippen molar-refractivity contribution < 1.29 is 9.84 Å². The monoisotopic (exact) mass is 192 g/mol. The molecule has 1 N–H and O–H groups in total. The predicted octanol–water partition coefficient (Wildman–Crippen LogP) is 2.84. The molecule has 1 aromatic carbocycles. The summed E-state index contributed by atoms with van der Waals surface area (Å²) in [5.74, 6) is 1.26. The fourth-order valence-corrected chi connectivity index (χ4v) is 2.00. The first kappa shape index (κ1) is 9.38. The molecule has 1 aliphatic heterocycles. The largest absolute Gasteiger partial charge is 0.508 e. The van der Waals surface area contributed by atoms with Crippen LogP contribution in [-0.2, 0) is 5.41 Å². The molecule has 0 bridgehead atoms. The van der Waals surface area contributed by atoms with Gasteiger partial charge in [-0.15, -0.1) is 0 Å². The van der Waals surface area contributed by atoms with Gasteiger partial charge < -0.3 is 9.84 Å². The minimum atomic E-state index is 0.159. The second-order valence-electron chi connectivity index (χ2n) is 4.19. The Labute approximate surface area is 84.5 Å². The van der Waals surface area contributed by atoms with E-state index in [2.05, 4.69) is 13.8 Å². The summed E-state index contributed by atoms with van der Waals surface area (Å²) in [5, 5.41) is 9.46. The number of benzene rings is 1. The summed E-state index contributed by atoms with van der Waals surface area (Å²) in [6.07, 6.45) is 2.10. The van der Waals surface area contributed by atoms with E-state index in [0.717, 1.165) is 30.8 Å². The highest BCUT2D eigenvalue weighted by Gasteiger charge is 2.31. The van der Waals surface area contributed by atoms with Gasteiger partial charge in [-0.2, -0.15) is 0 Å². The summed E-state index contributed by atoms with van der Waals surface area (Å²) in [4.78, 5) is 0. The van der Waals surface area contributed by atoms with E-state index in [1.807, 2.05) is 12.1 Å². The van der Waals surface area contributed by atoms with Crippen LogP contribution in [0.15, 0.2) is 18.2 Å². The second kappa shape index (κ2) is 3.19. The van der Waals surface area contributed by atoms with Crippen LogP contribution in [0.25, 0.3) is 0 Å². The van der Waals surface area contributed by atoms with Gasteiger partial charge in [0.2, 0.25) is 0 Å². The lowest BCUT2D eigenvalue weighted by Crippen LogP contribution is -2.28. The third-order valence-electron chi connectivity index (χ3n) is 3.31. The highest BCUT2D eigenvalue weighted by atomic mass is 16.5. The standard InChI is InChI=1S/C12H16O2/c1-3-12(2)6-7-14-11-5-4-9(13)8-10(11)12/h4-5,8,13H,3,6-7H2,1-2H3. The molecule has 1 aromatic rings. The maximum Gasteiger partial charge on any atom is 0.123 e. The lowest BCUT2D eigenvalue weighted by Gasteiger charge is -2.35. The molecular weight excluding hydrogens is 176 g/mol. The quantitative estimate of drug-likeness (QED) is 0.741. The number of phenols is 1. The van der Waals surface area contributed by atoms with Crippen LogP contribution in [0.4, 0.5) is 0 Å². The number of aromatic hydroxyl groups is 1. The smallest absolute Gasteiger partial charge is 0.123 e. The minimum Gasteiger partial charge on any atom is -0.508 e. The van der Waals surface area contributed by atoms with Crippen LogP contribution in [0.2, 0.25) is 0 Å². The topological polar surface area (TPSA) is 29.5 Å². The van der Waals surface area contributed by atoms with Crippen molar-refractivity contribution in [2.24, 2.45) is 0 Å². The highest BCUT2D eigenvalue weighted by Crippen LogP contribution is 2.42. The average molecular weight is 192 g/mol. The Kier molecular flexibility index (Phi) is 2.14. The maximum absolute atomic E-state index is 9.46. The van der Waals surface area contributed by atoms with Gasteiger partial charge in [-0.25, -0.2) is 0 Å². The molecule has 1 unspecified atom stereocenters. The molecule has 76 valence electrons. The zero-order valence-electron chi connectivity index (χ0n) is 8.71. The maximum atomic E-state index is 9.46. The fourth-order valence-electron chi connectivity index (χ4n) is 2.00. The van der Waals surface area contributed by atoms with Crippen LogP contribution in [0, 0.1) is 0 Å². The van der Waals surface area contributed by atoms with E-state index in [1.54, 1.807) is 6.07 Å². The van der Waals surface area contributed by atoms with E-state index in [1.165, 1.54) is 0 Å². The molecule has 0 spiro atoms. The lowest BCUT2D eigenvalue weighted by atomic mass is 9.76. The first-order chi connectivity index (χ1) is 6.65. The zero-order valence-corrected chi connectivity index (χ0v) is 8.71. The van der Waals surface area contributed by atoms with Crippen molar-refractivity contribution in [3.05, 3.63) is 23.8 Å². The van der Waals surface area contributed by atoms with E-state index in [9.17, 15) is 5.11 Å². The van der Waals surface area contributed by atoms with Gasteiger partial charge >= 0.3 is 0 Å². The normalized spacial score (nSPS) is 25.3. The molecule has 2 heteroatoms. The van der Waals surface area contributed by atoms with Crippen LogP contribution in [-0.4, -0.2) is 11.7 Å². The first-order valence-corrected chi connectivity index (χ1v) is 5.12. The van der Waals surface area contributed by atoms with Crippen molar-refractivity contribution in [2.45, 2.75) is 32.1 Å². The number of ether oxygens (including phenoxy) is 1. The molecule has 0 saturated heterocycles. The van der Waals surface area contributed by atoms with Gasteiger partial charge in [0.25, 0.3) is 0 Å². The van der Waals surface area contributed by atoms with Gasteiger partial charge in [-0.3, -0.25) is 0 Å². The summed E-state index contributed by atoms with van der Waals surface area (Å²) >= 11 is 0. The summed E-state index contributed by atoms with van der Waals surface area (Å²) in [5.41, 5.74) is 1.30. The molecule has 0 saturated carbocycles. The second-order valence-corrected chi connectivity index (χ2v) is 4.19. The van der Waals surface area contributed by atoms with E-state index >= 15 is 0 Å². The molecule has 1 atom stereocenters. The fraction of sp³-hybridized carbons (Fsp3) is 0.500. The summed E-state index contributed by atoms with van der Waals surface area (Å²) < 4.78 is 5.56. The number of fused-ring (bicyclic) bond motifs is 1. The van der Waals surface area contributed by atoms with E-state index in [-0.39, 0.29) is 5.41 Å². The minimum absolute atomic E-state index is 0.159. The Balaban J connectivity index is 2.52. The SMILES string of the molecule is CCC1(C)CCOc2ccc(O)cc21. The van der Waals surface area contributed by atoms with Crippen LogP contribution in [0.1, 0.15) is 32.3 Å². The van der Waals surface area contributed by atoms with E-state index in [4.69, 9.17) is 4.74 Å². The van der Waals surface area contributed by atoms with Gasteiger partial charge in [0.05, 0.1) is 6.61 Å². The summed E-state index contributed by atoms with van der Waals surface area (Å²) in [6.45, 7) is 5.19. The number of phenolic OH excluding ortho intramolecular Hbond substituents is 1. The van der Waals surface area contributed by atoms with E-state index in [0.29, 0.717) is 5.75 Å². The third-order valence-corrected chi connectivity index (χ3v) is 3.31. The lowest BCUT2D eigenvalue weighted by molar-refractivity contribution is 0.219. The van der Waals surface area contributed by atoms with Crippen LogP contribution >= 0.6 is 0 Å². The van der Waals surface area contributed by atoms with Crippen molar-refractivity contribution in [3.63, 3.8) is 0 Å². The molecule has 0 radical (unpaired) electrons. The van der Waals surface area contributed by atoms with Crippen LogP contribution in [0.5, 0.6) is 11.5 Å². The Morgan fingerprint density at radius 3 is 3.00 bits per heavy atom. The van der Waals surface area contributed by atoms with Gasteiger partial charge in [-0.05, 0) is 36.5 Å². The average Bonchev–Trinajstić information content (AvgIpc) is 2.20. The van der Waals surface area contributed by atoms with E-state index < -0.39 is 0 Å². The van der Waals surface area contributed by atoms with Gasteiger partial charge in [-0.1, -0.05) is 13.8 Å². The molecule has 0 aromatic heterocycles. The predicted molar refractivity (Wildman–Crippen MR) is 55.9 cm³/mol. The number of hydrogen-bond acceptors (Lipinski definition) is 2. The third kappa shape index (κ3) is 1.35. The molecule has 2 rings (SSSR count). The van der Waals surface area contributed by atoms with Crippen LogP contribution in [0.3, 0.4) is 0 Å². The Bertz CT molecular complexity index is 346. The number of rotatable bonds is 1. The molecule has 0 fully saturated rings. The van der Waals surface area contributed by atoms with Gasteiger partial charge in [0.1, 0.15) is 11.5 Å². The van der Waals surface area contributed by atoms with Crippen molar-refractivity contribution in [3.8, 4) is 11.5 Å². The molecule has 0 amide bonds. The molecule has 2 nitrogen and oxygen atoms in total. The van der Waals surface area contributed by atoms with Gasteiger partial charge in [0.15, 0.2) is 0 Å². The molecule has 14 heavy (non-hydrogen) atoms. The highest BCUT2D eigenvalue weighted by molar-refractivity contribution is 5.45. The van der Waals surface area contributed by atoms with Crippen molar-refractivity contribution in [2.75, 3.05) is 6.61 Å². The summed E-state index contributed by atoms with van der Waals surface area (Å²) in [7, 11) is 0. The Hall–Kier alpha value is -1.18. The first-order valence-electron chi connectivity index (χ1n) is 5.12. The van der Waals surface area contributed by atoms with Crippen molar-refractivity contribution in [1.82, 2.24) is 0 Å². The summed E-state index contributed by atoms with van der Waals surface area (Å²) in [6, 6.07) is 5.37. The Morgan fingerprint density at radius 1 is 1.50 bits per heavy atom. The zero-order chi connectivity index (χ0) is 10.2. The number of hydrogen-bond donors (Lipinski definition) is 1. The van der Waals surface area contributed by atoms with Gasteiger partial charge in [0, 0.05) is 5.56 Å². The molecular formula is C12H16O2. The molecule has 1 aliphatic rings. The Morgan fingerprint density at radius 2 is 2.29 bits per heavy atom. The van der Waals surface area contributed by atoms with Crippen molar-refractivity contribution >= 4 is 0 Å². The van der Waals surface area contributed by atoms with Crippen molar-refractivity contribution in [1.29, 1.82) is 0 Å². The molecule has 1 heterocycles. The van der Waals surface area contributed by atoms with Crippen LogP contribution < -0.4 is 4.74 Å². The molecule has 0 aliphatic carbocycles.